The second-order valence-corrected chi connectivity index (χ2v) is 5.46. The normalized spacial score (nSPS) is 15.9. The first kappa shape index (κ1) is 11.1. The van der Waals surface area contributed by atoms with Crippen LogP contribution in [0.1, 0.15) is 21.1 Å². The number of nitrogens with one attached hydrogen (secondary N) is 1. The van der Waals surface area contributed by atoms with E-state index in [9.17, 15) is 4.79 Å². The van der Waals surface area contributed by atoms with Crippen molar-refractivity contribution in [3.05, 3.63) is 39.5 Å². The number of fused-ring (bicyclic) bond motifs is 1. The lowest BCUT2D eigenvalue weighted by molar-refractivity contribution is -0.110. The van der Waals surface area contributed by atoms with E-state index in [0.29, 0.717) is 17.2 Å². The van der Waals surface area contributed by atoms with Crippen molar-refractivity contribution in [2.24, 2.45) is 0 Å². The zero-order chi connectivity index (χ0) is 12.7. The number of anilines is 1. The molecule has 0 saturated heterocycles. The average Bonchev–Trinajstić information content (AvgIpc) is 2.84. The number of hydrogen-bond donors (Lipinski definition) is 1. The standard InChI is InChI=1S/C13H11N3OS/c1-7-3-4-9(18-7)5-10-11-6-14-8(2)15-12(11)16-13(10)17/h3-6H,1-2H3,(H,14,15,16,17). The van der Waals surface area contributed by atoms with Gasteiger partial charge in [-0.25, -0.2) is 9.97 Å². The molecule has 0 atom stereocenters. The molecule has 0 spiro atoms. The summed E-state index contributed by atoms with van der Waals surface area (Å²) >= 11 is 1.66. The van der Waals surface area contributed by atoms with Gasteiger partial charge in [-0.3, -0.25) is 4.79 Å². The Kier molecular flexibility index (Phi) is 2.48. The summed E-state index contributed by atoms with van der Waals surface area (Å²) in [6.07, 6.45) is 3.58. The smallest absolute Gasteiger partial charge is 0.257 e. The summed E-state index contributed by atoms with van der Waals surface area (Å²) in [7, 11) is 0. The first-order chi connectivity index (χ1) is 8.63. The Morgan fingerprint density at radius 2 is 2.17 bits per heavy atom. The summed E-state index contributed by atoms with van der Waals surface area (Å²) in [6, 6.07) is 4.05. The Balaban J connectivity index is 2.09. The van der Waals surface area contributed by atoms with Crippen molar-refractivity contribution >= 4 is 34.7 Å². The Morgan fingerprint density at radius 3 is 2.89 bits per heavy atom. The lowest BCUT2D eigenvalue weighted by Gasteiger charge is -1.97. The minimum Gasteiger partial charge on any atom is -0.306 e. The molecule has 90 valence electrons. The minimum absolute atomic E-state index is 0.115. The first-order valence-electron chi connectivity index (χ1n) is 5.57. The maximum absolute atomic E-state index is 11.9. The number of thiophene rings is 1. The van der Waals surface area contributed by atoms with Crippen LogP contribution in [0.3, 0.4) is 0 Å². The van der Waals surface area contributed by atoms with Gasteiger partial charge in [-0.15, -0.1) is 11.3 Å². The highest BCUT2D eigenvalue weighted by molar-refractivity contribution is 7.12. The number of rotatable bonds is 1. The summed E-state index contributed by atoms with van der Waals surface area (Å²) in [5.41, 5.74) is 1.41. The molecule has 1 aliphatic rings. The molecule has 1 amide bonds. The molecule has 2 aromatic rings. The van der Waals surface area contributed by atoms with E-state index in [1.165, 1.54) is 4.88 Å². The first-order valence-corrected chi connectivity index (χ1v) is 6.38. The third-order valence-electron chi connectivity index (χ3n) is 2.72. The summed E-state index contributed by atoms with van der Waals surface area (Å²) < 4.78 is 0. The van der Waals surface area contributed by atoms with Crippen molar-refractivity contribution in [3.63, 3.8) is 0 Å². The van der Waals surface area contributed by atoms with Crippen LogP contribution in [0.15, 0.2) is 18.3 Å². The summed E-state index contributed by atoms with van der Waals surface area (Å²) in [5, 5.41) is 2.76. The van der Waals surface area contributed by atoms with Gasteiger partial charge in [0, 0.05) is 21.5 Å². The fourth-order valence-corrected chi connectivity index (χ4v) is 2.70. The number of carbonyl (C=O) groups is 1. The van der Waals surface area contributed by atoms with E-state index in [1.807, 2.05) is 25.1 Å². The van der Waals surface area contributed by atoms with Crippen LogP contribution in [0.2, 0.25) is 0 Å². The number of amides is 1. The highest BCUT2D eigenvalue weighted by Crippen LogP contribution is 2.32. The van der Waals surface area contributed by atoms with Crippen molar-refractivity contribution in [3.8, 4) is 0 Å². The van der Waals surface area contributed by atoms with Crippen LogP contribution in [-0.2, 0) is 4.79 Å². The maximum atomic E-state index is 11.9. The molecule has 0 bridgehead atoms. The van der Waals surface area contributed by atoms with E-state index in [1.54, 1.807) is 24.5 Å². The van der Waals surface area contributed by atoms with Crippen LogP contribution in [-0.4, -0.2) is 15.9 Å². The van der Waals surface area contributed by atoms with E-state index >= 15 is 0 Å². The zero-order valence-corrected chi connectivity index (χ0v) is 10.8. The van der Waals surface area contributed by atoms with Gasteiger partial charge in [-0.2, -0.15) is 0 Å². The monoisotopic (exact) mass is 257 g/mol. The molecule has 4 nitrogen and oxygen atoms in total. The minimum atomic E-state index is -0.115. The van der Waals surface area contributed by atoms with Gasteiger partial charge < -0.3 is 5.32 Å². The van der Waals surface area contributed by atoms with E-state index in [0.717, 1.165) is 10.4 Å². The molecule has 0 radical (unpaired) electrons. The number of aromatic nitrogens is 2. The second kappa shape index (κ2) is 4.03. The quantitative estimate of drug-likeness (QED) is 0.799. The SMILES string of the molecule is Cc1ncc2c(n1)NC(=O)C2=Cc1ccc(C)s1. The zero-order valence-electron chi connectivity index (χ0n) is 10.0. The maximum Gasteiger partial charge on any atom is 0.257 e. The molecule has 1 N–H and O–H groups in total. The van der Waals surface area contributed by atoms with E-state index < -0.39 is 0 Å². The Bertz CT molecular complexity index is 673. The van der Waals surface area contributed by atoms with Gasteiger partial charge in [-0.05, 0) is 32.1 Å². The number of hydrogen-bond acceptors (Lipinski definition) is 4. The van der Waals surface area contributed by atoms with E-state index in [-0.39, 0.29) is 5.91 Å². The van der Waals surface area contributed by atoms with Gasteiger partial charge >= 0.3 is 0 Å². The van der Waals surface area contributed by atoms with Crippen LogP contribution in [0.4, 0.5) is 5.82 Å². The molecule has 5 heteroatoms. The van der Waals surface area contributed by atoms with Gasteiger partial charge in [0.2, 0.25) is 0 Å². The fraction of sp³-hybridized carbons (Fsp3) is 0.154. The summed E-state index contributed by atoms with van der Waals surface area (Å²) in [6.45, 7) is 3.85. The molecule has 18 heavy (non-hydrogen) atoms. The second-order valence-electron chi connectivity index (χ2n) is 4.14. The molecular formula is C13H11N3OS. The van der Waals surface area contributed by atoms with Crippen molar-refractivity contribution in [2.75, 3.05) is 5.32 Å². The van der Waals surface area contributed by atoms with Crippen LogP contribution in [0, 0.1) is 13.8 Å². The highest BCUT2D eigenvalue weighted by atomic mass is 32.1. The topological polar surface area (TPSA) is 54.9 Å². The molecule has 0 aliphatic carbocycles. The van der Waals surface area contributed by atoms with Crippen molar-refractivity contribution < 1.29 is 4.79 Å². The third kappa shape index (κ3) is 1.82. The molecule has 1 aliphatic heterocycles. The molecule has 0 unspecified atom stereocenters. The number of carbonyl (C=O) groups excluding carboxylic acids is 1. The predicted octanol–water partition coefficient (Wildman–Crippen LogP) is 2.65. The molecule has 3 rings (SSSR count). The summed E-state index contributed by atoms with van der Waals surface area (Å²) in [4.78, 5) is 22.6. The van der Waals surface area contributed by atoms with Gasteiger partial charge in [0.05, 0.1) is 5.57 Å². The Labute approximate surface area is 108 Å². The van der Waals surface area contributed by atoms with Crippen molar-refractivity contribution in [1.82, 2.24) is 9.97 Å². The lowest BCUT2D eigenvalue weighted by atomic mass is 10.1. The van der Waals surface area contributed by atoms with Crippen LogP contribution < -0.4 is 5.32 Å². The predicted molar refractivity (Wildman–Crippen MR) is 72.3 cm³/mol. The number of aryl methyl sites for hydroxylation is 2. The van der Waals surface area contributed by atoms with Gasteiger partial charge in [-0.1, -0.05) is 0 Å². The van der Waals surface area contributed by atoms with E-state index in [4.69, 9.17) is 0 Å². The molecular weight excluding hydrogens is 246 g/mol. The molecule has 0 saturated carbocycles. The Morgan fingerprint density at radius 1 is 1.33 bits per heavy atom. The van der Waals surface area contributed by atoms with Crippen LogP contribution in [0.25, 0.3) is 11.6 Å². The van der Waals surface area contributed by atoms with Gasteiger partial charge in [0.25, 0.3) is 5.91 Å². The molecule has 3 heterocycles. The summed E-state index contributed by atoms with van der Waals surface area (Å²) in [5.74, 6) is 1.14. The number of nitrogens with zero attached hydrogens (tertiary/aromatic N) is 2. The largest absolute Gasteiger partial charge is 0.306 e. The Hall–Kier alpha value is -2.01. The highest BCUT2D eigenvalue weighted by Gasteiger charge is 2.25. The van der Waals surface area contributed by atoms with Gasteiger partial charge in [0.1, 0.15) is 11.6 Å². The molecule has 0 fully saturated rings. The van der Waals surface area contributed by atoms with Crippen LogP contribution in [0.5, 0.6) is 0 Å². The third-order valence-corrected chi connectivity index (χ3v) is 3.67. The molecule has 0 aromatic carbocycles. The van der Waals surface area contributed by atoms with Crippen molar-refractivity contribution in [1.29, 1.82) is 0 Å². The fourth-order valence-electron chi connectivity index (χ4n) is 1.88. The van der Waals surface area contributed by atoms with E-state index in [2.05, 4.69) is 15.3 Å². The molecule has 2 aromatic heterocycles. The average molecular weight is 257 g/mol. The van der Waals surface area contributed by atoms with Crippen LogP contribution >= 0.6 is 11.3 Å². The van der Waals surface area contributed by atoms with Gasteiger partial charge in [0.15, 0.2) is 0 Å². The lowest BCUT2D eigenvalue weighted by Crippen LogP contribution is -2.04. The van der Waals surface area contributed by atoms with Crippen molar-refractivity contribution in [2.45, 2.75) is 13.8 Å².